The minimum atomic E-state index is -8.00. The van der Waals surface area contributed by atoms with Crippen molar-refractivity contribution in [3.8, 4) is 0 Å². The van der Waals surface area contributed by atoms with Crippen LogP contribution in [-0.2, 0) is 0 Å². The van der Waals surface area contributed by atoms with Gasteiger partial charge in [0.2, 0.25) is 0 Å². The highest BCUT2D eigenvalue weighted by molar-refractivity contribution is 6.73. The van der Waals surface area contributed by atoms with E-state index < -0.39 is 118 Å². The van der Waals surface area contributed by atoms with E-state index in [0.29, 0.717) is 0 Å². The Balaban J connectivity index is 4.81. The number of halogens is 26. The molecule has 2 nitrogen and oxygen atoms in total. The Bertz CT molecular complexity index is 1120. The maximum Gasteiger partial charge on any atom is 0.460 e. The van der Waals surface area contributed by atoms with Crippen molar-refractivity contribution in [2.75, 3.05) is 0 Å². The van der Waals surface area contributed by atoms with E-state index in [2.05, 4.69) is 0 Å². The highest BCUT2D eigenvalue weighted by Crippen LogP contribution is 2.62. The second kappa shape index (κ2) is 16.9. The second-order valence-electron chi connectivity index (χ2n) is 12.8. The molecule has 0 heterocycles. The van der Waals surface area contributed by atoms with E-state index in [1.54, 1.807) is 0 Å². The topological polar surface area (TPSA) is 52.0 Å². The van der Waals surface area contributed by atoms with Crippen LogP contribution in [0.25, 0.3) is 0 Å². The van der Waals surface area contributed by atoms with Gasteiger partial charge in [0.05, 0.1) is 0 Å². The van der Waals surface area contributed by atoms with Gasteiger partial charge in [0.15, 0.2) is 8.40 Å². The van der Waals surface area contributed by atoms with Gasteiger partial charge in [0, 0.05) is 12.8 Å². The van der Waals surface area contributed by atoms with E-state index in [-0.39, 0.29) is 50.6 Å². The Morgan fingerprint density at radius 3 is 0.691 bits per heavy atom. The number of rotatable bonds is 24. The summed E-state index contributed by atoms with van der Waals surface area (Å²) in [4.78, 5) is 0. The SMILES string of the molecule is N[Si](N)(CCCCCCCC(F)(F)C(F)(F)C(F)(F)C(F)(F)C(F)(F)C(F)(F)F)CCCCCCCC(F)(F)C(F)(F)C(F)(F)C(F)(F)C(F)(F)C(F)(F)F. The summed E-state index contributed by atoms with van der Waals surface area (Å²) in [6.07, 6.45) is -23.2. The van der Waals surface area contributed by atoms with Gasteiger partial charge in [-0.2, -0.15) is 114 Å². The Kier molecular flexibility index (Phi) is 16.4. The molecule has 0 unspecified atom stereocenters. The van der Waals surface area contributed by atoms with E-state index in [1.165, 1.54) is 0 Å². The molecular weight excluding hydrogens is 862 g/mol. The molecule has 0 spiro atoms. The fourth-order valence-electron chi connectivity index (χ4n) is 4.71. The Labute approximate surface area is 294 Å². The van der Waals surface area contributed by atoms with Gasteiger partial charge in [-0.3, -0.25) is 0 Å². The monoisotopic (exact) mass is 894 g/mol. The lowest BCUT2D eigenvalue weighted by Crippen LogP contribution is -2.70. The van der Waals surface area contributed by atoms with Gasteiger partial charge in [-0.15, -0.1) is 0 Å². The van der Waals surface area contributed by atoms with Crippen LogP contribution in [0.4, 0.5) is 114 Å². The fraction of sp³-hybridized carbons (Fsp3) is 1.00. The predicted octanol–water partition coefficient (Wildman–Crippen LogP) is 12.5. The van der Waals surface area contributed by atoms with Crippen molar-refractivity contribution in [1.29, 1.82) is 0 Å². The average Bonchev–Trinajstić information content (AvgIpc) is 2.97. The Hall–Kier alpha value is -1.68. The average molecular weight is 895 g/mol. The molecule has 0 aromatic carbocycles. The normalized spacial score (nSPS) is 15.9. The van der Waals surface area contributed by atoms with Gasteiger partial charge in [-0.1, -0.05) is 51.4 Å². The lowest BCUT2D eigenvalue weighted by Gasteiger charge is -2.39. The minimum absolute atomic E-state index is 0.0226. The highest BCUT2D eigenvalue weighted by atomic mass is 28.3. The molecule has 0 atom stereocenters. The number of alkyl halides is 26. The molecule has 0 saturated heterocycles. The van der Waals surface area contributed by atoms with Crippen LogP contribution in [0.15, 0.2) is 0 Å². The zero-order chi connectivity index (χ0) is 44.4. The summed E-state index contributed by atoms with van der Waals surface area (Å²) in [5.74, 6) is -74.6. The van der Waals surface area contributed by atoms with Gasteiger partial charge in [-0.05, 0) is 24.9 Å². The second-order valence-corrected chi connectivity index (χ2v) is 16.2. The molecule has 0 bridgehead atoms. The zero-order valence-electron chi connectivity index (χ0n) is 27.4. The van der Waals surface area contributed by atoms with Crippen molar-refractivity contribution in [2.45, 2.75) is 161 Å². The molecule has 0 fully saturated rings. The zero-order valence-corrected chi connectivity index (χ0v) is 28.4. The summed E-state index contributed by atoms with van der Waals surface area (Å²) >= 11 is 0. The summed E-state index contributed by atoms with van der Waals surface area (Å²) in [6.45, 7) is 0. The van der Waals surface area contributed by atoms with Crippen molar-refractivity contribution in [2.24, 2.45) is 10.8 Å². The third kappa shape index (κ3) is 10.5. The number of hydrogen-bond acceptors (Lipinski definition) is 2. The predicted molar refractivity (Wildman–Crippen MR) is 141 cm³/mol. The maximum atomic E-state index is 13.8. The fourth-order valence-corrected chi connectivity index (χ4v) is 6.77. The van der Waals surface area contributed by atoms with Crippen LogP contribution in [0, 0.1) is 0 Å². The molecule has 332 valence electrons. The van der Waals surface area contributed by atoms with E-state index in [1.807, 2.05) is 0 Å². The molecule has 0 radical (unpaired) electrons. The number of unbranched alkanes of at least 4 members (excludes halogenated alkanes) is 8. The standard InChI is InChI=1S/C26H32F26N2Si/c27-15(28,17(31,32)19(35,36)21(39,40)23(43,44)25(47,48)49)11-7-3-1-5-9-13-55(53,54)14-10-6-2-4-8-12-16(29,30)18(33,34)20(37,38)22(41,42)24(45,46)26(50,51)52/h1-14,53-54H2. The van der Waals surface area contributed by atoms with Crippen molar-refractivity contribution >= 4 is 8.40 Å². The quantitative estimate of drug-likeness (QED) is 0.0576. The lowest BCUT2D eigenvalue weighted by molar-refractivity contribution is -0.440. The first kappa shape index (κ1) is 53.3. The number of nitrogens with two attached hydrogens (primary N) is 2. The molecular formula is C26H32F26N2Si. The molecule has 0 aliphatic rings. The van der Waals surface area contributed by atoms with Gasteiger partial charge < -0.3 is 10.8 Å². The van der Waals surface area contributed by atoms with Crippen molar-refractivity contribution in [3.63, 3.8) is 0 Å². The van der Waals surface area contributed by atoms with Crippen molar-refractivity contribution < 1.29 is 114 Å². The molecule has 0 aromatic heterocycles. The third-order valence-electron chi connectivity index (χ3n) is 8.26. The first-order chi connectivity index (χ1) is 23.9. The van der Waals surface area contributed by atoms with E-state index in [9.17, 15) is 114 Å². The van der Waals surface area contributed by atoms with Crippen molar-refractivity contribution in [1.82, 2.24) is 0 Å². The molecule has 0 rings (SSSR count). The summed E-state index contributed by atoms with van der Waals surface area (Å²) in [5.41, 5.74) is 0. The summed E-state index contributed by atoms with van der Waals surface area (Å²) in [5, 5.41) is 11.8. The number of hydrogen-bond donors (Lipinski definition) is 2. The summed E-state index contributed by atoms with van der Waals surface area (Å²) in [6, 6.07) is 0.0625. The van der Waals surface area contributed by atoms with Crippen LogP contribution >= 0.6 is 0 Å². The van der Waals surface area contributed by atoms with Crippen LogP contribution in [0.3, 0.4) is 0 Å². The molecule has 29 heteroatoms. The van der Waals surface area contributed by atoms with Gasteiger partial charge in [-0.25, -0.2) is 0 Å². The Morgan fingerprint density at radius 2 is 0.455 bits per heavy atom. The molecule has 0 aromatic rings. The van der Waals surface area contributed by atoms with Gasteiger partial charge in [0.25, 0.3) is 0 Å². The van der Waals surface area contributed by atoms with Crippen LogP contribution in [0.5, 0.6) is 0 Å². The van der Waals surface area contributed by atoms with E-state index >= 15 is 0 Å². The minimum Gasteiger partial charge on any atom is -0.339 e. The summed E-state index contributed by atoms with van der Waals surface area (Å²) < 4.78 is 342. The van der Waals surface area contributed by atoms with Crippen LogP contribution in [0.1, 0.15) is 77.0 Å². The van der Waals surface area contributed by atoms with Crippen LogP contribution in [-0.4, -0.2) is 80.0 Å². The molecule has 0 aliphatic heterocycles. The van der Waals surface area contributed by atoms with Gasteiger partial charge >= 0.3 is 71.6 Å². The molecule has 0 aliphatic carbocycles. The molecule has 0 amide bonds. The first-order valence-electron chi connectivity index (χ1n) is 15.4. The molecule has 55 heavy (non-hydrogen) atoms. The van der Waals surface area contributed by atoms with E-state index in [0.717, 1.165) is 0 Å². The maximum absolute atomic E-state index is 13.8. The molecule has 0 saturated carbocycles. The van der Waals surface area contributed by atoms with E-state index in [4.69, 9.17) is 10.8 Å². The van der Waals surface area contributed by atoms with Crippen molar-refractivity contribution in [3.05, 3.63) is 0 Å². The smallest absolute Gasteiger partial charge is 0.339 e. The first-order valence-corrected chi connectivity index (χ1v) is 18.0. The summed E-state index contributed by atoms with van der Waals surface area (Å²) in [7, 11) is -3.12. The largest absolute Gasteiger partial charge is 0.460 e. The molecule has 4 N–H and O–H groups in total. The van der Waals surface area contributed by atoms with Crippen LogP contribution in [0.2, 0.25) is 12.1 Å². The lowest BCUT2D eigenvalue weighted by atomic mass is 9.91. The van der Waals surface area contributed by atoms with Gasteiger partial charge in [0.1, 0.15) is 0 Å². The third-order valence-corrected chi connectivity index (χ3v) is 10.8. The highest BCUT2D eigenvalue weighted by Gasteiger charge is 2.92. The van der Waals surface area contributed by atoms with Crippen LogP contribution < -0.4 is 10.8 Å². The Morgan fingerprint density at radius 1 is 0.255 bits per heavy atom.